The fourth-order valence-electron chi connectivity index (χ4n) is 15.0. The second kappa shape index (κ2) is 17.3. The van der Waals surface area contributed by atoms with E-state index in [0.717, 1.165) is 37.1 Å². The second-order valence-electron chi connectivity index (χ2n) is 21.8. The number of hydrogen-bond donors (Lipinski definition) is 10. The molecule has 4 saturated heterocycles. The van der Waals surface area contributed by atoms with Crippen molar-refractivity contribution in [3.05, 3.63) is 11.6 Å². The van der Waals surface area contributed by atoms with Gasteiger partial charge in [0.05, 0.1) is 25.4 Å². The van der Waals surface area contributed by atoms with E-state index in [9.17, 15) is 46.0 Å². The maximum Gasteiger partial charge on any atom is 0.187 e. The molecule has 0 aromatic rings. The zero-order valence-electron chi connectivity index (χ0n) is 37.0. The van der Waals surface area contributed by atoms with Gasteiger partial charge < -0.3 is 79.7 Å². The van der Waals surface area contributed by atoms with Crippen molar-refractivity contribution in [3.8, 4) is 0 Å². The van der Waals surface area contributed by atoms with Crippen molar-refractivity contribution in [2.75, 3.05) is 19.8 Å². The Bertz CT molecular complexity index is 1610. The zero-order valence-corrected chi connectivity index (χ0v) is 37.0. The van der Waals surface area contributed by atoms with Crippen molar-refractivity contribution in [3.63, 3.8) is 0 Å². The Kier molecular flexibility index (Phi) is 12.9. The number of allylic oxidation sites excluding steroid dienone is 1. The molecule has 62 heavy (non-hydrogen) atoms. The Morgan fingerprint density at radius 1 is 0.694 bits per heavy atom. The quantitative estimate of drug-likeness (QED) is 0.149. The van der Waals surface area contributed by atoms with Gasteiger partial charge in [0.15, 0.2) is 18.9 Å². The smallest absolute Gasteiger partial charge is 0.187 e. The molecule has 26 atom stereocenters. The molecule has 9 aliphatic rings. The number of piperidine rings is 1. The van der Waals surface area contributed by atoms with Crippen molar-refractivity contribution in [1.82, 2.24) is 5.32 Å². The molecular formula is C46H75NO15. The summed E-state index contributed by atoms with van der Waals surface area (Å²) in [6.07, 6.45) is -9.86. The molecule has 0 amide bonds. The van der Waals surface area contributed by atoms with Gasteiger partial charge in [-0.05, 0) is 130 Å². The normalized spacial score (nSPS) is 57.6. The molecule has 8 fully saturated rings. The number of aliphatic hydroxyl groups is 9. The average molecular weight is 882 g/mol. The van der Waals surface area contributed by atoms with Crippen LogP contribution in [0.1, 0.15) is 98.8 Å². The summed E-state index contributed by atoms with van der Waals surface area (Å²) >= 11 is 0. The molecule has 9 rings (SSSR count). The summed E-state index contributed by atoms with van der Waals surface area (Å²) in [7, 11) is 0. The van der Waals surface area contributed by atoms with E-state index in [2.05, 4.69) is 39.1 Å². The van der Waals surface area contributed by atoms with Crippen molar-refractivity contribution < 1.29 is 74.4 Å². The number of nitrogens with one attached hydrogen (secondary N) is 1. The van der Waals surface area contributed by atoms with Crippen LogP contribution in [0.15, 0.2) is 11.6 Å². The molecule has 354 valence electrons. The molecule has 10 N–H and O–H groups in total. The number of aliphatic hydroxyl groups excluding tert-OH is 9. The van der Waals surface area contributed by atoms with Crippen molar-refractivity contribution in [2.24, 2.45) is 52.3 Å². The second-order valence-corrected chi connectivity index (χ2v) is 21.8. The average Bonchev–Trinajstić information content (AvgIpc) is 3.70. The van der Waals surface area contributed by atoms with Gasteiger partial charge in [-0.15, -0.1) is 0 Å². The van der Waals surface area contributed by atoms with Gasteiger partial charge >= 0.3 is 0 Å². The highest BCUT2D eigenvalue weighted by Gasteiger charge is 2.67. The Balaban J connectivity index is 0.940. The van der Waals surface area contributed by atoms with Gasteiger partial charge in [0, 0.05) is 5.54 Å². The summed E-state index contributed by atoms with van der Waals surface area (Å²) in [5.41, 5.74) is 2.02. The lowest BCUT2D eigenvalue weighted by Gasteiger charge is -2.59. The number of hydrogen-bond acceptors (Lipinski definition) is 16. The minimum absolute atomic E-state index is 0.00474. The molecule has 1 spiro atoms. The highest BCUT2D eigenvalue weighted by atomic mass is 16.8. The first-order valence-electron chi connectivity index (χ1n) is 23.8. The third kappa shape index (κ3) is 7.50. The predicted octanol–water partition coefficient (Wildman–Crippen LogP) is 0.451. The van der Waals surface area contributed by atoms with Gasteiger partial charge in [0.2, 0.25) is 0 Å². The molecule has 4 aliphatic heterocycles. The van der Waals surface area contributed by atoms with E-state index in [4.69, 9.17) is 28.4 Å². The van der Waals surface area contributed by atoms with Crippen molar-refractivity contribution in [1.29, 1.82) is 0 Å². The Morgan fingerprint density at radius 3 is 2.05 bits per heavy atom. The molecule has 4 saturated carbocycles. The minimum Gasteiger partial charge on any atom is -0.394 e. The summed E-state index contributed by atoms with van der Waals surface area (Å²) in [4.78, 5) is 0. The van der Waals surface area contributed by atoms with Crippen molar-refractivity contribution in [2.45, 2.75) is 203 Å². The topological polar surface area (TPSA) is 249 Å². The van der Waals surface area contributed by atoms with Gasteiger partial charge in [-0.25, -0.2) is 0 Å². The van der Waals surface area contributed by atoms with Crippen LogP contribution in [0.2, 0.25) is 0 Å². The third-order valence-corrected chi connectivity index (χ3v) is 18.6. The Labute approximate surface area is 365 Å². The van der Waals surface area contributed by atoms with E-state index in [1.807, 2.05) is 0 Å². The Morgan fingerprint density at radius 2 is 1.35 bits per heavy atom. The molecule has 0 bridgehead atoms. The highest BCUT2D eigenvalue weighted by Crippen LogP contribution is 2.72. The SMILES string of the molecule is CC1O[C@@H](OC2[C@H](O[C@H]3CC[C@@]4(C)C(=CCC5C6CC7C[C@]8(CC[C@H](C)CN8)[C@@H](C)C7[C@@]6(C)CCC54)C3)OC(CO)[C@H](O)[C@@H]2O[C@@H]2OC(CO)[C@H](O)[C@H](O)C2O)C(O)[C@H](O)[C@H]1O. The first kappa shape index (κ1) is 46.2. The van der Waals surface area contributed by atoms with Crippen LogP contribution in [-0.4, -0.2) is 169 Å². The predicted molar refractivity (Wildman–Crippen MR) is 219 cm³/mol. The maximum atomic E-state index is 11.6. The molecule has 0 aromatic heterocycles. The van der Waals surface area contributed by atoms with Crippen LogP contribution >= 0.6 is 0 Å². The monoisotopic (exact) mass is 882 g/mol. The van der Waals surface area contributed by atoms with Gasteiger partial charge in [0.1, 0.15) is 67.1 Å². The largest absolute Gasteiger partial charge is 0.394 e. The van der Waals surface area contributed by atoms with Crippen LogP contribution in [0.25, 0.3) is 0 Å². The van der Waals surface area contributed by atoms with Gasteiger partial charge in [-0.2, -0.15) is 0 Å². The summed E-state index contributed by atoms with van der Waals surface area (Å²) < 4.78 is 36.8. The highest BCUT2D eigenvalue weighted by molar-refractivity contribution is 5.27. The van der Waals surface area contributed by atoms with Crippen LogP contribution in [0, 0.1) is 52.3 Å². The molecule has 4 heterocycles. The van der Waals surface area contributed by atoms with E-state index in [1.165, 1.54) is 51.0 Å². The molecular weight excluding hydrogens is 806 g/mol. The van der Waals surface area contributed by atoms with Crippen LogP contribution in [0.4, 0.5) is 0 Å². The lowest BCUT2D eigenvalue weighted by atomic mass is 9.46. The van der Waals surface area contributed by atoms with E-state index in [-0.39, 0.29) is 11.5 Å². The molecule has 0 aromatic carbocycles. The van der Waals surface area contributed by atoms with Crippen LogP contribution in [0.3, 0.4) is 0 Å². The van der Waals surface area contributed by atoms with E-state index < -0.39 is 105 Å². The molecule has 5 aliphatic carbocycles. The summed E-state index contributed by atoms with van der Waals surface area (Å²) in [6.45, 7) is 11.3. The van der Waals surface area contributed by atoms with Gasteiger partial charge in [-0.1, -0.05) is 39.3 Å². The van der Waals surface area contributed by atoms with Crippen LogP contribution in [-0.2, 0) is 28.4 Å². The first-order chi connectivity index (χ1) is 29.4. The van der Waals surface area contributed by atoms with Crippen LogP contribution < -0.4 is 5.32 Å². The maximum absolute atomic E-state index is 11.6. The molecule has 16 nitrogen and oxygen atoms in total. The first-order valence-corrected chi connectivity index (χ1v) is 23.8. The summed E-state index contributed by atoms with van der Waals surface area (Å²) in [5, 5.41) is 99.9. The van der Waals surface area contributed by atoms with E-state index in [0.29, 0.717) is 47.5 Å². The number of rotatable bonds is 8. The molecule has 0 radical (unpaired) electrons. The molecule has 16 heteroatoms. The van der Waals surface area contributed by atoms with Crippen molar-refractivity contribution >= 4 is 0 Å². The van der Waals surface area contributed by atoms with E-state index in [1.54, 1.807) is 0 Å². The summed E-state index contributed by atoms with van der Waals surface area (Å²) in [6, 6.07) is 0. The molecule has 11 unspecified atom stereocenters. The zero-order chi connectivity index (χ0) is 44.2. The van der Waals surface area contributed by atoms with Gasteiger partial charge in [-0.3, -0.25) is 0 Å². The number of fused-ring (bicyclic) bond motifs is 7. The summed E-state index contributed by atoms with van der Waals surface area (Å²) in [5.74, 6) is 4.88. The standard InChI is InChI=1S/C46H75NO15/c1-20-8-13-46(47-17-20)16-23-14-28-26-7-6-24-15-25(9-11-44(24,4)27(26)10-12-45(28,5)31(23)21(46)2)58-43-40(62-41-37(55)35(53)32(50)22(3)57-41)39(34(52)30(19-49)60-43)61-42-38(56)36(54)33(51)29(18-48)59-42/h6,20-23,25-43,47-56H,7-19H2,1-5H3/t20-,21-,22?,23?,25-,26?,27?,28?,29?,30?,31?,32-,33-,34-,35+,36-,37?,38?,39-,40?,41-,42-,43+,44-,45-,46+/m0/s1. The van der Waals surface area contributed by atoms with Gasteiger partial charge in [0.25, 0.3) is 0 Å². The fraction of sp³-hybridized carbons (Fsp3) is 0.957. The Hall–Kier alpha value is -0.900. The lowest BCUT2D eigenvalue weighted by molar-refractivity contribution is -0.394. The lowest BCUT2D eigenvalue weighted by Crippen LogP contribution is -2.67. The fourth-order valence-corrected chi connectivity index (χ4v) is 15.0. The number of ether oxygens (including phenoxy) is 6. The third-order valence-electron chi connectivity index (χ3n) is 18.6. The van der Waals surface area contributed by atoms with E-state index >= 15 is 0 Å². The minimum atomic E-state index is -1.83. The van der Waals surface area contributed by atoms with Crippen LogP contribution in [0.5, 0.6) is 0 Å².